The summed E-state index contributed by atoms with van der Waals surface area (Å²) in [5, 5.41) is 0. The molecule has 1 unspecified atom stereocenters. The fourth-order valence-electron chi connectivity index (χ4n) is 1.83. The fraction of sp³-hybridized carbons (Fsp3) is 1.00. The van der Waals surface area contributed by atoms with Gasteiger partial charge in [-0.2, -0.15) is 4.31 Å². The van der Waals surface area contributed by atoms with Crippen LogP contribution in [-0.4, -0.2) is 62.0 Å². The SMILES string of the molecule is CCN1CCN(S(=O)(=O)CC(C)CCl)CC1. The molecule has 1 aliphatic rings. The van der Waals surface area contributed by atoms with Crippen molar-refractivity contribution in [1.29, 1.82) is 0 Å². The Bertz CT molecular complexity index is 300. The van der Waals surface area contributed by atoms with Gasteiger partial charge < -0.3 is 4.90 Å². The van der Waals surface area contributed by atoms with Crippen molar-refractivity contribution < 1.29 is 8.42 Å². The van der Waals surface area contributed by atoms with Crippen molar-refractivity contribution in [2.24, 2.45) is 5.92 Å². The van der Waals surface area contributed by atoms with Crippen molar-refractivity contribution in [2.75, 3.05) is 44.4 Å². The van der Waals surface area contributed by atoms with E-state index >= 15 is 0 Å². The summed E-state index contributed by atoms with van der Waals surface area (Å²) >= 11 is 5.65. The summed E-state index contributed by atoms with van der Waals surface area (Å²) in [7, 11) is -3.10. The van der Waals surface area contributed by atoms with E-state index in [1.165, 1.54) is 0 Å². The van der Waals surface area contributed by atoms with Crippen LogP contribution >= 0.6 is 11.6 Å². The average Bonchev–Trinajstić information content (AvgIpc) is 2.28. The minimum Gasteiger partial charge on any atom is -0.301 e. The minimum absolute atomic E-state index is 0.0240. The minimum atomic E-state index is -3.10. The highest BCUT2D eigenvalue weighted by atomic mass is 35.5. The summed E-state index contributed by atoms with van der Waals surface area (Å²) in [6, 6.07) is 0. The quantitative estimate of drug-likeness (QED) is 0.694. The molecule has 0 spiro atoms. The lowest BCUT2D eigenvalue weighted by atomic mass is 10.3. The lowest BCUT2D eigenvalue weighted by Gasteiger charge is -2.33. The van der Waals surface area contributed by atoms with E-state index in [2.05, 4.69) is 11.8 Å². The van der Waals surface area contributed by atoms with E-state index in [9.17, 15) is 8.42 Å². The predicted molar refractivity (Wildman–Crippen MR) is 67.4 cm³/mol. The van der Waals surface area contributed by atoms with Gasteiger partial charge in [-0.05, 0) is 12.5 Å². The number of hydrogen-bond acceptors (Lipinski definition) is 3. The summed E-state index contributed by atoms with van der Waals surface area (Å²) in [5.74, 6) is 0.590. The molecule has 0 amide bonds. The molecule has 0 aromatic carbocycles. The second-order valence-electron chi connectivity index (χ2n) is 4.37. The number of halogens is 1. The third-order valence-electron chi connectivity index (χ3n) is 2.93. The molecule has 16 heavy (non-hydrogen) atoms. The zero-order valence-corrected chi connectivity index (χ0v) is 11.6. The number of hydrogen-bond donors (Lipinski definition) is 0. The largest absolute Gasteiger partial charge is 0.301 e. The van der Waals surface area contributed by atoms with Crippen molar-refractivity contribution in [3.05, 3.63) is 0 Å². The maximum Gasteiger partial charge on any atom is 0.214 e. The molecule has 0 N–H and O–H groups in total. The monoisotopic (exact) mass is 268 g/mol. The normalized spacial score (nSPS) is 22.2. The number of nitrogens with zero attached hydrogens (tertiary/aromatic N) is 2. The Balaban J connectivity index is 2.51. The Labute approximate surface area is 104 Å². The number of rotatable bonds is 5. The van der Waals surface area contributed by atoms with Crippen molar-refractivity contribution >= 4 is 21.6 Å². The standard InChI is InChI=1S/C10H21ClN2O2S/c1-3-12-4-6-13(7-5-12)16(14,15)9-10(2)8-11/h10H,3-9H2,1-2H3. The van der Waals surface area contributed by atoms with Crippen LogP contribution in [0.1, 0.15) is 13.8 Å². The lowest BCUT2D eigenvalue weighted by molar-refractivity contribution is 0.196. The van der Waals surface area contributed by atoms with E-state index in [0.29, 0.717) is 19.0 Å². The Morgan fingerprint density at radius 2 is 1.81 bits per heavy atom. The maximum absolute atomic E-state index is 12.0. The Kier molecular flexibility index (Phi) is 5.50. The van der Waals surface area contributed by atoms with Gasteiger partial charge in [-0.25, -0.2) is 8.42 Å². The molecule has 0 bridgehead atoms. The summed E-state index contributed by atoms with van der Waals surface area (Å²) in [5.41, 5.74) is 0. The molecule has 0 aromatic heterocycles. The van der Waals surface area contributed by atoms with Gasteiger partial charge >= 0.3 is 0 Å². The summed E-state index contributed by atoms with van der Waals surface area (Å²) in [6.45, 7) is 7.87. The Morgan fingerprint density at radius 1 is 1.25 bits per heavy atom. The number of likely N-dealkylation sites (N-methyl/N-ethyl adjacent to an activating group) is 1. The van der Waals surface area contributed by atoms with Crippen LogP contribution in [0, 0.1) is 5.92 Å². The molecule has 0 saturated carbocycles. The predicted octanol–water partition coefficient (Wildman–Crippen LogP) is 0.829. The number of sulfonamides is 1. The number of piperazine rings is 1. The molecule has 1 saturated heterocycles. The van der Waals surface area contributed by atoms with Crippen LogP contribution in [0.4, 0.5) is 0 Å². The van der Waals surface area contributed by atoms with Crippen LogP contribution < -0.4 is 0 Å². The van der Waals surface area contributed by atoms with Crippen molar-refractivity contribution in [2.45, 2.75) is 13.8 Å². The van der Waals surface area contributed by atoms with Crippen LogP contribution in [0.25, 0.3) is 0 Å². The highest BCUT2D eigenvalue weighted by Crippen LogP contribution is 2.12. The van der Waals surface area contributed by atoms with E-state index in [4.69, 9.17) is 11.6 Å². The molecule has 1 heterocycles. The van der Waals surface area contributed by atoms with E-state index in [-0.39, 0.29) is 11.7 Å². The van der Waals surface area contributed by atoms with E-state index in [0.717, 1.165) is 19.6 Å². The summed E-state index contributed by atoms with van der Waals surface area (Å²) < 4.78 is 25.6. The molecule has 1 aliphatic heterocycles. The molecule has 96 valence electrons. The maximum atomic E-state index is 12.0. The Morgan fingerprint density at radius 3 is 2.25 bits per heavy atom. The van der Waals surface area contributed by atoms with Gasteiger partial charge in [0.15, 0.2) is 0 Å². The first-order chi connectivity index (χ1) is 7.49. The van der Waals surface area contributed by atoms with Crippen LogP contribution in [0.2, 0.25) is 0 Å². The summed E-state index contributed by atoms with van der Waals surface area (Å²) in [4.78, 5) is 2.26. The first kappa shape index (κ1) is 14.2. The van der Waals surface area contributed by atoms with E-state index < -0.39 is 10.0 Å². The zero-order chi connectivity index (χ0) is 12.2. The molecule has 1 rings (SSSR count). The average molecular weight is 269 g/mol. The van der Waals surface area contributed by atoms with Gasteiger partial charge in [0.25, 0.3) is 0 Å². The fourth-order valence-corrected chi connectivity index (χ4v) is 3.84. The van der Waals surface area contributed by atoms with Crippen LogP contribution in [-0.2, 0) is 10.0 Å². The molecular formula is C10H21ClN2O2S. The Hall–Kier alpha value is 0.160. The highest BCUT2D eigenvalue weighted by Gasteiger charge is 2.27. The third-order valence-corrected chi connectivity index (χ3v) is 5.60. The van der Waals surface area contributed by atoms with Crippen molar-refractivity contribution in [3.8, 4) is 0 Å². The van der Waals surface area contributed by atoms with Crippen LogP contribution in [0.5, 0.6) is 0 Å². The molecule has 1 fully saturated rings. The van der Waals surface area contributed by atoms with Crippen LogP contribution in [0.15, 0.2) is 0 Å². The van der Waals surface area contributed by atoms with Crippen LogP contribution in [0.3, 0.4) is 0 Å². The second kappa shape index (κ2) is 6.19. The van der Waals surface area contributed by atoms with Gasteiger partial charge in [0.05, 0.1) is 5.75 Å². The third kappa shape index (κ3) is 3.87. The van der Waals surface area contributed by atoms with E-state index in [1.54, 1.807) is 4.31 Å². The molecule has 1 atom stereocenters. The molecule has 0 aliphatic carbocycles. The van der Waals surface area contributed by atoms with Crippen molar-refractivity contribution in [3.63, 3.8) is 0 Å². The molecule has 0 aromatic rings. The topological polar surface area (TPSA) is 40.6 Å². The van der Waals surface area contributed by atoms with Gasteiger partial charge in [0.1, 0.15) is 0 Å². The van der Waals surface area contributed by atoms with Gasteiger partial charge in [-0.3, -0.25) is 0 Å². The zero-order valence-electron chi connectivity index (χ0n) is 10.0. The van der Waals surface area contributed by atoms with Gasteiger partial charge in [-0.15, -0.1) is 11.6 Å². The molecule has 0 radical (unpaired) electrons. The smallest absolute Gasteiger partial charge is 0.214 e. The lowest BCUT2D eigenvalue weighted by Crippen LogP contribution is -2.49. The van der Waals surface area contributed by atoms with Gasteiger partial charge in [0, 0.05) is 32.1 Å². The van der Waals surface area contributed by atoms with Crippen molar-refractivity contribution in [1.82, 2.24) is 9.21 Å². The van der Waals surface area contributed by atoms with Gasteiger partial charge in [-0.1, -0.05) is 13.8 Å². The summed E-state index contributed by atoms with van der Waals surface area (Å²) in [6.07, 6.45) is 0. The second-order valence-corrected chi connectivity index (χ2v) is 6.69. The first-order valence-corrected chi connectivity index (χ1v) is 7.90. The first-order valence-electron chi connectivity index (χ1n) is 5.75. The molecule has 4 nitrogen and oxygen atoms in total. The highest BCUT2D eigenvalue weighted by molar-refractivity contribution is 7.89. The molecular weight excluding hydrogens is 248 g/mol. The van der Waals surface area contributed by atoms with E-state index in [1.807, 2.05) is 6.92 Å². The molecule has 6 heteroatoms. The number of alkyl halides is 1. The van der Waals surface area contributed by atoms with Gasteiger partial charge in [0.2, 0.25) is 10.0 Å².